The molecule has 3 aromatic rings. The molecule has 0 aliphatic carbocycles. The molecule has 1 aromatic carbocycles. The summed E-state index contributed by atoms with van der Waals surface area (Å²) in [6, 6.07) is 8.95. The van der Waals surface area contributed by atoms with Crippen LogP contribution in [-0.4, -0.2) is 62.6 Å². The zero-order chi connectivity index (χ0) is 23.5. The largest absolute Gasteiger partial charge is 0.477 e. The third-order valence-corrected chi connectivity index (χ3v) is 5.61. The van der Waals surface area contributed by atoms with Gasteiger partial charge in [-0.2, -0.15) is 4.98 Å². The molecule has 33 heavy (non-hydrogen) atoms. The summed E-state index contributed by atoms with van der Waals surface area (Å²) in [5.74, 6) is -0.488. The third kappa shape index (κ3) is 4.40. The number of nitrogens with zero attached hydrogens (tertiary/aromatic N) is 5. The van der Waals surface area contributed by atoms with Gasteiger partial charge in [-0.15, -0.1) is 0 Å². The maximum absolute atomic E-state index is 12.5. The Morgan fingerprint density at radius 2 is 1.85 bits per heavy atom. The van der Waals surface area contributed by atoms with Crippen LogP contribution in [0, 0.1) is 0 Å². The number of carbonyl (C=O) groups excluding carboxylic acids is 1. The second-order valence-electron chi connectivity index (χ2n) is 7.61. The van der Waals surface area contributed by atoms with E-state index in [0.717, 1.165) is 0 Å². The van der Waals surface area contributed by atoms with Crippen LogP contribution in [-0.2, 0) is 6.54 Å². The van der Waals surface area contributed by atoms with Gasteiger partial charge in [-0.25, -0.2) is 9.78 Å². The van der Waals surface area contributed by atoms with Gasteiger partial charge in [0.2, 0.25) is 11.4 Å². The van der Waals surface area contributed by atoms with Crippen LogP contribution < -0.4 is 15.6 Å². The lowest BCUT2D eigenvalue weighted by atomic mass is 10.2. The second kappa shape index (κ2) is 9.11. The van der Waals surface area contributed by atoms with Crippen molar-refractivity contribution in [3.8, 4) is 0 Å². The van der Waals surface area contributed by atoms with Crippen LogP contribution >= 0.6 is 0 Å². The van der Waals surface area contributed by atoms with Gasteiger partial charge in [0.25, 0.3) is 5.91 Å². The first-order valence-electron chi connectivity index (χ1n) is 10.6. The Labute approximate surface area is 189 Å². The molecule has 4 rings (SSSR count). The normalized spacial score (nSPS) is 13.7. The molecule has 2 N–H and O–H groups in total. The molecule has 1 amide bonds. The topological polar surface area (TPSA) is 121 Å². The van der Waals surface area contributed by atoms with Crippen molar-refractivity contribution in [1.82, 2.24) is 24.8 Å². The minimum atomic E-state index is -1.27. The van der Waals surface area contributed by atoms with E-state index in [2.05, 4.69) is 21.9 Å². The van der Waals surface area contributed by atoms with Crippen LogP contribution in [0.3, 0.4) is 0 Å². The summed E-state index contributed by atoms with van der Waals surface area (Å²) < 4.78 is 1.64. The molecule has 1 fully saturated rings. The standard InChI is InChI=1S/C23H24N6O4/c1-3-27-14-18(22(32)33)19(30)17-13-24-23(26-20(17)27)29-11-9-28(10-12-29)15(2)25-21(31)16-7-5-4-6-8-16/h4-8,13-14H,2-3,9-12H2,1H3,(H,25,31)(H,32,33). The fraction of sp³-hybridized carbons (Fsp3) is 0.261. The Morgan fingerprint density at radius 3 is 2.48 bits per heavy atom. The van der Waals surface area contributed by atoms with Gasteiger partial charge in [0.05, 0.1) is 5.39 Å². The average molecular weight is 448 g/mol. The van der Waals surface area contributed by atoms with Gasteiger partial charge in [0.15, 0.2) is 0 Å². The Hall–Kier alpha value is -4.21. The molecule has 3 heterocycles. The quantitative estimate of drug-likeness (QED) is 0.583. The van der Waals surface area contributed by atoms with E-state index in [1.165, 1.54) is 12.4 Å². The highest BCUT2D eigenvalue weighted by Gasteiger charge is 2.23. The number of pyridine rings is 1. The summed E-state index contributed by atoms with van der Waals surface area (Å²) in [6.45, 7) is 8.70. The Morgan fingerprint density at radius 1 is 1.15 bits per heavy atom. The first-order valence-corrected chi connectivity index (χ1v) is 10.6. The molecule has 0 atom stereocenters. The highest BCUT2D eigenvalue weighted by Crippen LogP contribution is 2.17. The smallest absolute Gasteiger partial charge is 0.341 e. The molecule has 0 unspecified atom stereocenters. The number of anilines is 1. The summed E-state index contributed by atoms with van der Waals surface area (Å²) in [4.78, 5) is 49.1. The molecule has 10 nitrogen and oxygen atoms in total. The zero-order valence-corrected chi connectivity index (χ0v) is 18.2. The number of aromatic nitrogens is 3. The fourth-order valence-electron chi connectivity index (χ4n) is 3.76. The van der Waals surface area contributed by atoms with Crippen molar-refractivity contribution in [2.75, 3.05) is 31.1 Å². The number of carbonyl (C=O) groups is 2. The zero-order valence-electron chi connectivity index (χ0n) is 18.2. The van der Waals surface area contributed by atoms with Gasteiger partial charge in [-0.3, -0.25) is 9.59 Å². The lowest BCUT2D eigenvalue weighted by molar-refractivity contribution is 0.0694. The van der Waals surface area contributed by atoms with Gasteiger partial charge >= 0.3 is 5.97 Å². The molecule has 0 radical (unpaired) electrons. The van der Waals surface area contributed by atoms with Crippen LogP contribution in [0.15, 0.2) is 59.9 Å². The van der Waals surface area contributed by atoms with E-state index >= 15 is 0 Å². The van der Waals surface area contributed by atoms with E-state index in [0.29, 0.717) is 55.7 Å². The number of amides is 1. The fourth-order valence-corrected chi connectivity index (χ4v) is 3.76. The van der Waals surface area contributed by atoms with Crippen molar-refractivity contribution in [2.24, 2.45) is 0 Å². The number of aromatic carboxylic acids is 1. The van der Waals surface area contributed by atoms with Gasteiger partial charge < -0.3 is 24.8 Å². The van der Waals surface area contributed by atoms with E-state index in [4.69, 9.17) is 0 Å². The molecule has 2 aromatic heterocycles. The van der Waals surface area contributed by atoms with Crippen LogP contribution in [0.2, 0.25) is 0 Å². The minimum absolute atomic E-state index is 0.177. The van der Waals surface area contributed by atoms with Gasteiger partial charge in [0.1, 0.15) is 17.0 Å². The Kier molecular flexibility index (Phi) is 6.07. The first-order chi connectivity index (χ1) is 15.9. The van der Waals surface area contributed by atoms with Crippen molar-refractivity contribution < 1.29 is 14.7 Å². The summed E-state index contributed by atoms with van der Waals surface area (Å²) in [6.07, 6.45) is 2.71. The molecular formula is C23H24N6O4. The van der Waals surface area contributed by atoms with Crippen molar-refractivity contribution in [3.05, 3.63) is 76.5 Å². The molecule has 1 aliphatic heterocycles. The van der Waals surface area contributed by atoms with Crippen LogP contribution in [0.4, 0.5) is 5.95 Å². The minimum Gasteiger partial charge on any atom is -0.477 e. The number of nitrogens with one attached hydrogen (secondary N) is 1. The summed E-state index contributed by atoms with van der Waals surface area (Å²) in [7, 11) is 0. The number of piperazine rings is 1. The average Bonchev–Trinajstić information content (AvgIpc) is 2.84. The number of aryl methyl sites for hydroxylation is 1. The van der Waals surface area contributed by atoms with Crippen LogP contribution in [0.1, 0.15) is 27.6 Å². The van der Waals surface area contributed by atoms with Crippen molar-refractivity contribution in [3.63, 3.8) is 0 Å². The molecule has 170 valence electrons. The number of hydrogen-bond donors (Lipinski definition) is 2. The Bertz CT molecular complexity index is 1280. The highest BCUT2D eigenvalue weighted by molar-refractivity contribution is 5.95. The maximum Gasteiger partial charge on any atom is 0.341 e. The monoisotopic (exact) mass is 448 g/mol. The van der Waals surface area contributed by atoms with Crippen molar-refractivity contribution in [2.45, 2.75) is 13.5 Å². The van der Waals surface area contributed by atoms with Crippen LogP contribution in [0.25, 0.3) is 11.0 Å². The van der Waals surface area contributed by atoms with E-state index in [9.17, 15) is 19.5 Å². The highest BCUT2D eigenvalue weighted by atomic mass is 16.4. The SMILES string of the molecule is C=C(NC(=O)c1ccccc1)N1CCN(c2ncc3c(=O)c(C(=O)O)cn(CC)c3n2)CC1. The maximum atomic E-state index is 12.5. The van der Waals surface area contributed by atoms with Crippen molar-refractivity contribution >= 4 is 28.9 Å². The predicted molar refractivity (Wildman–Crippen MR) is 123 cm³/mol. The van der Waals surface area contributed by atoms with E-state index in [1.54, 1.807) is 28.8 Å². The number of hydrogen-bond acceptors (Lipinski definition) is 7. The third-order valence-electron chi connectivity index (χ3n) is 5.61. The molecule has 1 saturated heterocycles. The molecule has 0 saturated carbocycles. The first kappa shape index (κ1) is 22.0. The predicted octanol–water partition coefficient (Wildman–Crippen LogP) is 1.53. The molecule has 0 spiro atoms. The van der Waals surface area contributed by atoms with Gasteiger partial charge in [-0.05, 0) is 19.1 Å². The summed E-state index contributed by atoms with van der Waals surface area (Å²) >= 11 is 0. The van der Waals surface area contributed by atoms with Crippen molar-refractivity contribution in [1.29, 1.82) is 0 Å². The summed E-state index contributed by atoms with van der Waals surface area (Å²) in [5, 5.41) is 12.3. The molecule has 10 heteroatoms. The lowest BCUT2D eigenvalue weighted by Gasteiger charge is -2.36. The summed E-state index contributed by atoms with van der Waals surface area (Å²) in [5.41, 5.74) is 0.0729. The Balaban J connectivity index is 1.47. The van der Waals surface area contributed by atoms with Crippen LogP contribution in [0.5, 0.6) is 0 Å². The number of carboxylic acids is 1. The van der Waals surface area contributed by atoms with Gasteiger partial charge in [-0.1, -0.05) is 24.8 Å². The molecular weight excluding hydrogens is 424 g/mol. The number of carboxylic acid groups (broad SMARTS) is 1. The van der Waals surface area contributed by atoms with E-state index in [-0.39, 0.29) is 16.9 Å². The molecule has 1 aliphatic rings. The number of benzene rings is 1. The van der Waals surface area contributed by atoms with Gasteiger partial charge in [0, 0.05) is 50.7 Å². The number of fused-ring (bicyclic) bond motifs is 1. The second-order valence-corrected chi connectivity index (χ2v) is 7.61. The van der Waals surface area contributed by atoms with E-state index in [1.807, 2.05) is 22.8 Å². The lowest BCUT2D eigenvalue weighted by Crippen LogP contribution is -2.49. The number of rotatable bonds is 6. The molecule has 0 bridgehead atoms. The van der Waals surface area contributed by atoms with E-state index < -0.39 is 11.4 Å².